The number of benzene rings is 1. The number of hydrogen-bond acceptors (Lipinski definition) is 6. The maximum absolute atomic E-state index is 12.2. The molecule has 8 heteroatoms. The predicted molar refractivity (Wildman–Crippen MR) is 75.6 cm³/mol. The number of aromatic nitrogens is 4. The second kappa shape index (κ2) is 5.32. The molecule has 0 unspecified atom stereocenters. The van der Waals surface area contributed by atoms with Crippen molar-refractivity contribution in [3.8, 4) is 0 Å². The smallest absolute Gasteiger partial charge is 0.310 e. The lowest BCUT2D eigenvalue weighted by atomic mass is 10.2. The minimum Gasteiger partial charge on any atom is -0.710 e. The number of imidazole rings is 1. The Morgan fingerprint density at radius 1 is 1.32 bits per heavy atom. The van der Waals surface area contributed by atoms with Crippen molar-refractivity contribution in [2.24, 2.45) is 7.05 Å². The van der Waals surface area contributed by atoms with Gasteiger partial charge in [-0.15, -0.1) is 0 Å². The quantitative estimate of drug-likeness (QED) is 0.517. The van der Waals surface area contributed by atoms with E-state index >= 15 is 0 Å². The van der Waals surface area contributed by atoms with Crippen molar-refractivity contribution < 1.29 is 14.6 Å². The van der Waals surface area contributed by atoms with Crippen molar-refractivity contribution in [1.29, 1.82) is 0 Å². The standard InChI is InChI=1S/C14H13N5O3/c1-18-12-10(19(22)13(18)14(20)21)11(16-8-17-12)15-7-9-5-3-2-4-6-9/h2-6,8H,7H2,1H3,(H,20,21)(H,15,16,17)/p-1. The molecule has 0 saturated heterocycles. The Balaban J connectivity index is 2.03. The topological polar surface area (TPSA) is 110 Å². The molecule has 2 aromatic heterocycles. The summed E-state index contributed by atoms with van der Waals surface area (Å²) in [6, 6.07) is 9.55. The van der Waals surface area contributed by atoms with E-state index in [1.165, 1.54) is 17.9 Å². The van der Waals surface area contributed by atoms with Crippen LogP contribution in [-0.2, 0) is 13.6 Å². The molecule has 0 radical (unpaired) electrons. The molecule has 3 rings (SSSR count). The molecule has 2 heterocycles. The van der Waals surface area contributed by atoms with Crippen LogP contribution in [0, 0.1) is 5.21 Å². The van der Waals surface area contributed by atoms with E-state index in [2.05, 4.69) is 15.3 Å². The van der Waals surface area contributed by atoms with Crippen molar-refractivity contribution >= 4 is 23.0 Å². The van der Waals surface area contributed by atoms with E-state index in [9.17, 15) is 15.1 Å². The monoisotopic (exact) mass is 298 g/mol. The molecule has 0 atom stereocenters. The van der Waals surface area contributed by atoms with Gasteiger partial charge in [-0.2, -0.15) is 4.98 Å². The number of rotatable bonds is 4. The van der Waals surface area contributed by atoms with Crippen LogP contribution in [0.15, 0.2) is 36.7 Å². The Bertz CT molecular complexity index is 845. The highest BCUT2D eigenvalue weighted by atomic mass is 16.5. The van der Waals surface area contributed by atoms with Crippen LogP contribution in [0.3, 0.4) is 0 Å². The van der Waals surface area contributed by atoms with E-state index in [0.717, 1.165) is 5.56 Å². The third-order valence-corrected chi connectivity index (χ3v) is 3.32. The first kappa shape index (κ1) is 13.8. The Labute approximate surface area is 125 Å². The van der Waals surface area contributed by atoms with Gasteiger partial charge in [-0.1, -0.05) is 30.3 Å². The zero-order chi connectivity index (χ0) is 15.7. The molecule has 22 heavy (non-hydrogen) atoms. The molecule has 0 aliphatic heterocycles. The molecule has 0 amide bonds. The lowest BCUT2D eigenvalue weighted by molar-refractivity contribution is -0.584. The molecular weight excluding hydrogens is 286 g/mol. The summed E-state index contributed by atoms with van der Waals surface area (Å²) in [6.07, 6.45) is 1.27. The van der Waals surface area contributed by atoms with Gasteiger partial charge in [0.05, 0.1) is 7.05 Å². The second-order valence-electron chi connectivity index (χ2n) is 4.70. The van der Waals surface area contributed by atoms with Crippen molar-refractivity contribution in [1.82, 2.24) is 14.5 Å². The summed E-state index contributed by atoms with van der Waals surface area (Å²) in [5.74, 6) is -1.81. The van der Waals surface area contributed by atoms with Crippen LogP contribution >= 0.6 is 0 Å². The molecular formula is C14H12N5O3-. The first-order valence-corrected chi connectivity index (χ1v) is 6.51. The van der Waals surface area contributed by atoms with Gasteiger partial charge in [0.15, 0.2) is 11.8 Å². The van der Waals surface area contributed by atoms with Crippen molar-refractivity contribution in [3.63, 3.8) is 0 Å². The molecule has 1 N–H and O–H groups in total. The molecule has 0 spiro atoms. The molecule has 0 fully saturated rings. The fourth-order valence-corrected chi connectivity index (χ4v) is 2.28. The zero-order valence-electron chi connectivity index (χ0n) is 11.7. The lowest BCUT2D eigenvalue weighted by Crippen LogP contribution is -2.40. The molecule has 0 bridgehead atoms. The minimum atomic E-state index is -1.57. The van der Waals surface area contributed by atoms with E-state index < -0.39 is 11.8 Å². The maximum atomic E-state index is 12.2. The average molecular weight is 298 g/mol. The van der Waals surface area contributed by atoms with Crippen LogP contribution in [0.1, 0.15) is 16.2 Å². The van der Waals surface area contributed by atoms with Crippen LogP contribution in [0.4, 0.5) is 5.82 Å². The van der Waals surface area contributed by atoms with Gasteiger partial charge in [-0.3, -0.25) is 0 Å². The molecule has 8 nitrogen and oxygen atoms in total. The number of carboxylic acid groups (broad SMARTS) is 1. The highest BCUT2D eigenvalue weighted by Crippen LogP contribution is 2.17. The number of carbonyl (C=O) groups excluding carboxylic acids is 1. The number of nitrogens with zero attached hydrogens (tertiary/aromatic N) is 4. The minimum absolute atomic E-state index is 0.0696. The van der Waals surface area contributed by atoms with Gasteiger partial charge in [0.25, 0.3) is 5.65 Å². The molecule has 3 aromatic rings. The SMILES string of the molecule is Cn1c(C(=O)[O-])[n+]([O-])c2c(NCc3ccccc3)ncnc21. The van der Waals surface area contributed by atoms with Crippen LogP contribution in [-0.4, -0.2) is 20.5 Å². The summed E-state index contributed by atoms with van der Waals surface area (Å²) in [5, 5.41) is 26.3. The van der Waals surface area contributed by atoms with Crippen molar-refractivity contribution in [2.45, 2.75) is 6.54 Å². The van der Waals surface area contributed by atoms with E-state index in [-0.39, 0.29) is 21.7 Å². The first-order valence-electron chi connectivity index (χ1n) is 6.51. The van der Waals surface area contributed by atoms with Crippen molar-refractivity contribution in [3.05, 3.63) is 53.3 Å². The van der Waals surface area contributed by atoms with Gasteiger partial charge in [-0.05, 0) is 5.56 Å². The lowest BCUT2D eigenvalue weighted by Gasteiger charge is -2.08. The Hall–Kier alpha value is -3.16. The third-order valence-electron chi connectivity index (χ3n) is 3.32. The highest BCUT2D eigenvalue weighted by molar-refractivity contribution is 5.87. The number of aryl methyl sites for hydroxylation is 1. The summed E-state index contributed by atoms with van der Waals surface area (Å²) in [5.41, 5.74) is 1.29. The molecule has 1 aromatic carbocycles. The number of nitrogens with one attached hydrogen (secondary N) is 1. The molecule has 112 valence electrons. The van der Waals surface area contributed by atoms with E-state index in [0.29, 0.717) is 6.54 Å². The number of hydrogen-bond donors (Lipinski definition) is 1. The summed E-state index contributed by atoms with van der Waals surface area (Å²) in [6.45, 7) is 0.447. The number of carbonyl (C=O) groups is 1. The van der Waals surface area contributed by atoms with Gasteiger partial charge in [0.2, 0.25) is 5.52 Å². The van der Waals surface area contributed by atoms with Crippen LogP contribution in [0.2, 0.25) is 0 Å². The van der Waals surface area contributed by atoms with E-state index in [1.54, 1.807) is 0 Å². The number of anilines is 1. The largest absolute Gasteiger partial charge is 0.710 e. The molecule has 0 saturated carbocycles. The van der Waals surface area contributed by atoms with Gasteiger partial charge in [0.1, 0.15) is 6.33 Å². The summed E-state index contributed by atoms with van der Waals surface area (Å²) >= 11 is 0. The molecule has 0 aliphatic carbocycles. The number of fused-ring (bicyclic) bond motifs is 1. The molecule has 0 aliphatic rings. The third kappa shape index (κ3) is 2.20. The second-order valence-corrected chi connectivity index (χ2v) is 4.70. The van der Waals surface area contributed by atoms with Gasteiger partial charge in [0, 0.05) is 6.54 Å². The number of carboxylic acids is 1. The Morgan fingerprint density at radius 2 is 2.05 bits per heavy atom. The van der Waals surface area contributed by atoms with Gasteiger partial charge in [-0.25, -0.2) is 14.3 Å². The zero-order valence-corrected chi connectivity index (χ0v) is 11.7. The van der Waals surface area contributed by atoms with Gasteiger partial charge < -0.3 is 20.4 Å². The fraction of sp³-hybridized carbons (Fsp3) is 0.143. The fourth-order valence-electron chi connectivity index (χ4n) is 2.28. The van der Waals surface area contributed by atoms with Crippen molar-refractivity contribution in [2.75, 3.05) is 5.32 Å². The van der Waals surface area contributed by atoms with E-state index in [4.69, 9.17) is 0 Å². The van der Waals surface area contributed by atoms with Gasteiger partial charge >= 0.3 is 5.82 Å². The van der Waals surface area contributed by atoms with Crippen LogP contribution in [0.25, 0.3) is 11.2 Å². The summed E-state index contributed by atoms with van der Waals surface area (Å²) in [4.78, 5) is 19.1. The highest BCUT2D eigenvalue weighted by Gasteiger charge is 2.24. The maximum Gasteiger partial charge on any atom is 0.310 e. The normalized spacial score (nSPS) is 10.8. The summed E-state index contributed by atoms with van der Waals surface area (Å²) in [7, 11) is 1.44. The Morgan fingerprint density at radius 3 is 2.73 bits per heavy atom. The predicted octanol–water partition coefficient (Wildman–Crippen LogP) is -0.423. The summed E-state index contributed by atoms with van der Waals surface area (Å²) < 4.78 is 1.45. The van der Waals surface area contributed by atoms with Crippen LogP contribution < -0.4 is 15.2 Å². The first-order chi connectivity index (χ1) is 10.6. The Kier molecular flexibility index (Phi) is 3.34. The van der Waals surface area contributed by atoms with Crippen LogP contribution in [0.5, 0.6) is 0 Å². The number of aromatic carboxylic acids is 1. The van der Waals surface area contributed by atoms with E-state index in [1.807, 2.05) is 30.3 Å². The average Bonchev–Trinajstić information content (AvgIpc) is 2.78.